The van der Waals surface area contributed by atoms with Crippen LogP contribution in [0.5, 0.6) is 0 Å². The van der Waals surface area contributed by atoms with Crippen molar-refractivity contribution in [1.82, 2.24) is 4.72 Å². The Balaban J connectivity index is 2.44. The van der Waals surface area contributed by atoms with Gasteiger partial charge in [-0.15, -0.1) is 0 Å². The van der Waals surface area contributed by atoms with Crippen molar-refractivity contribution in [2.45, 2.75) is 43.5 Å². The van der Waals surface area contributed by atoms with Crippen molar-refractivity contribution in [3.8, 4) is 0 Å². The van der Waals surface area contributed by atoms with Gasteiger partial charge in [-0.2, -0.15) is 0 Å². The molecule has 0 heterocycles. The van der Waals surface area contributed by atoms with Crippen LogP contribution in [0.15, 0.2) is 0 Å². The van der Waals surface area contributed by atoms with E-state index in [1.807, 2.05) is 0 Å². The van der Waals surface area contributed by atoms with Crippen LogP contribution in [0.2, 0.25) is 0 Å². The number of carboxylic acid groups (broad SMARTS) is 1. The molecule has 1 aliphatic rings. The average molecular weight is 265 g/mol. The SMILES string of the molecule is COC(CNS(=O)(=O)C1CCCC1)CC(=O)O. The number of methoxy groups -OCH3 is 1. The molecule has 0 spiro atoms. The van der Waals surface area contributed by atoms with E-state index in [0.29, 0.717) is 12.8 Å². The number of aliphatic carboxylic acids is 1. The minimum Gasteiger partial charge on any atom is -0.481 e. The van der Waals surface area contributed by atoms with E-state index in [1.165, 1.54) is 7.11 Å². The van der Waals surface area contributed by atoms with Crippen molar-refractivity contribution in [2.24, 2.45) is 0 Å². The maximum absolute atomic E-state index is 11.8. The van der Waals surface area contributed by atoms with Gasteiger partial charge in [-0.3, -0.25) is 4.79 Å². The van der Waals surface area contributed by atoms with Crippen molar-refractivity contribution in [3.63, 3.8) is 0 Å². The second kappa shape index (κ2) is 6.32. The molecule has 1 atom stereocenters. The fourth-order valence-corrected chi connectivity index (χ4v) is 3.57. The molecule has 0 aromatic rings. The van der Waals surface area contributed by atoms with Crippen LogP contribution >= 0.6 is 0 Å². The Morgan fingerprint density at radius 3 is 2.53 bits per heavy atom. The Bertz CT molecular complexity index is 348. The summed E-state index contributed by atoms with van der Waals surface area (Å²) >= 11 is 0. The van der Waals surface area contributed by atoms with Crippen LogP contribution in [0.25, 0.3) is 0 Å². The van der Waals surface area contributed by atoms with E-state index in [2.05, 4.69) is 4.72 Å². The van der Waals surface area contributed by atoms with E-state index in [0.717, 1.165) is 12.8 Å². The summed E-state index contributed by atoms with van der Waals surface area (Å²) in [6.45, 7) is 0.0155. The molecular weight excluding hydrogens is 246 g/mol. The predicted molar refractivity (Wildman–Crippen MR) is 62.2 cm³/mol. The van der Waals surface area contributed by atoms with Gasteiger partial charge in [0.1, 0.15) is 0 Å². The summed E-state index contributed by atoms with van der Waals surface area (Å²) < 4.78 is 31.0. The van der Waals surface area contributed by atoms with Gasteiger partial charge in [-0.05, 0) is 12.8 Å². The first-order chi connectivity index (χ1) is 7.95. The van der Waals surface area contributed by atoms with Gasteiger partial charge in [0.25, 0.3) is 0 Å². The molecule has 1 fully saturated rings. The molecule has 0 radical (unpaired) electrons. The molecule has 0 saturated heterocycles. The average Bonchev–Trinajstić information content (AvgIpc) is 2.77. The molecule has 6 nitrogen and oxygen atoms in total. The van der Waals surface area contributed by atoms with E-state index in [4.69, 9.17) is 9.84 Å². The summed E-state index contributed by atoms with van der Waals surface area (Å²) in [6.07, 6.45) is 2.42. The number of hydrogen-bond acceptors (Lipinski definition) is 4. The highest BCUT2D eigenvalue weighted by Gasteiger charge is 2.29. The first kappa shape index (κ1) is 14.4. The molecule has 0 aromatic carbocycles. The van der Waals surface area contributed by atoms with Gasteiger partial charge in [0.05, 0.1) is 17.8 Å². The zero-order chi connectivity index (χ0) is 12.9. The van der Waals surface area contributed by atoms with Gasteiger partial charge in [0.15, 0.2) is 0 Å². The van der Waals surface area contributed by atoms with Crippen molar-refractivity contribution in [3.05, 3.63) is 0 Å². The number of ether oxygens (including phenoxy) is 1. The van der Waals surface area contributed by atoms with Gasteiger partial charge >= 0.3 is 5.97 Å². The van der Waals surface area contributed by atoms with Crippen molar-refractivity contribution in [1.29, 1.82) is 0 Å². The van der Waals surface area contributed by atoms with Crippen LogP contribution in [-0.2, 0) is 19.6 Å². The van der Waals surface area contributed by atoms with E-state index >= 15 is 0 Å². The van der Waals surface area contributed by atoms with Gasteiger partial charge in [0, 0.05) is 13.7 Å². The lowest BCUT2D eigenvalue weighted by atomic mass is 10.2. The molecule has 1 saturated carbocycles. The smallest absolute Gasteiger partial charge is 0.306 e. The Kier molecular flexibility index (Phi) is 5.35. The highest BCUT2D eigenvalue weighted by molar-refractivity contribution is 7.90. The first-order valence-electron chi connectivity index (χ1n) is 5.68. The van der Waals surface area contributed by atoms with E-state index in [9.17, 15) is 13.2 Å². The molecule has 0 aliphatic heterocycles. The number of rotatable bonds is 7. The number of nitrogens with one attached hydrogen (secondary N) is 1. The number of hydrogen-bond donors (Lipinski definition) is 2. The van der Waals surface area contributed by atoms with Crippen LogP contribution in [0.1, 0.15) is 32.1 Å². The molecular formula is C10H19NO5S. The Labute approximate surface area is 101 Å². The zero-order valence-corrected chi connectivity index (χ0v) is 10.7. The maximum Gasteiger partial charge on any atom is 0.306 e. The van der Waals surface area contributed by atoms with Gasteiger partial charge in [-0.25, -0.2) is 13.1 Å². The van der Waals surface area contributed by atoms with Gasteiger partial charge < -0.3 is 9.84 Å². The maximum atomic E-state index is 11.8. The topological polar surface area (TPSA) is 92.7 Å². The Morgan fingerprint density at radius 2 is 2.06 bits per heavy atom. The Hall–Kier alpha value is -0.660. The second-order valence-corrected chi connectivity index (χ2v) is 6.30. The molecule has 1 aliphatic carbocycles. The largest absolute Gasteiger partial charge is 0.481 e. The molecule has 0 aromatic heterocycles. The summed E-state index contributed by atoms with van der Waals surface area (Å²) in [5.41, 5.74) is 0. The summed E-state index contributed by atoms with van der Waals surface area (Å²) in [5.74, 6) is -1.00. The Morgan fingerprint density at radius 1 is 1.47 bits per heavy atom. The van der Waals surface area contributed by atoms with Crippen LogP contribution in [-0.4, -0.2) is 44.5 Å². The van der Waals surface area contributed by atoms with E-state index in [1.54, 1.807) is 0 Å². The van der Waals surface area contributed by atoms with Gasteiger partial charge in [0.2, 0.25) is 10.0 Å². The summed E-state index contributed by atoms with van der Waals surface area (Å²) in [7, 11) is -1.95. The third-order valence-corrected chi connectivity index (χ3v) is 4.91. The minimum atomic E-state index is -3.32. The lowest BCUT2D eigenvalue weighted by molar-refractivity contribution is -0.139. The molecule has 0 amide bonds. The highest BCUT2D eigenvalue weighted by Crippen LogP contribution is 2.23. The fraction of sp³-hybridized carbons (Fsp3) is 0.900. The van der Waals surface area contributed by atoms with Crippen LogP contribution < -0.4 is 4.72 Å². The monoisotopic (exact) mass is 265 g/mol. The number of carbonyl (C=O) groups is 1. The quantitative estimate of drug-likeness (QED) is 0.692. The van der Waals surface area contributed by atoms with Gasteiger partial charge in [-0.1, -0.05) is 12.8 Å². The molecule has 0 bridgehead atoms. The summed E-state index contributed by atoms with van der Waals surface area (Å²) in [5, 5.41) is 8.27. The number of sulfonamides is 1. The first-order valence-corrected chi connectivity index (χ1v) is 7.23. The van der Waals surface area contributed by atoms with Crippen LogP contribution in [0.4, 0.5) is 0 Å². The molecule has 1 unspecified atom stereocenters. The summed E-state index contributed by atoms with van der Waals surface area (Å²) in [6, 6.07) is 0. The molecule has 17 heavy (non-hydrogen) atoms. The molecule has 100 valence electrons. The van der Waals surface area contributed by atoms with Crippen LogP contribution in [0, 0.1) is 0 Å². The number of carboxylic acids is 1. The lowest BCUT2D eigenvalue weighted by Crippen LogP contribution is -2.39. The summed E-state index contributed by atoms with van der Waals surface area (Å²) in [4.78, 5) is 10.5. The van der Waals surface area contributed by atoms with E-state index < -0.39 is 22.1 Å². The predicted octanol–water partition coefficient (Wildman–Crippen LogP) is 0.338. The van der Waals surface area contributed by atoms with E-state index in [-0.39, 0.29) is 18.2 Å². The van der Waals surface area contributed by atoms with Crippen molar-refractivity contribution in [2.75, 3.05) is 13.7 Å². The zero-order valence-electron chi connectivity index (χ0n) is 9.89. The van der Waals surface area contributed by atoms with Crippen molar-refractivity contribution >= 4 is 16.0 Å². The third-order valence-electron chi connectivity index (χ3n) is 2.99. The normalized spacial score (nSPS) is 19.4. The minimum absolute atomic E-state index is 0.0155. The fourth-order valence-electron chi connectivity index (χ4n) is 1.96. The molecule has 7 heteroatoms. The highest BCUT2D eigenvalue weighted by atomic mass is 32.2. The lowest BCUT2D eigenvalue weighted by Gasteiger charge is -2.16. The second-order valence-electron chi connectivity index (χ2n) is 4.26. The third kappa shape index (κ3) is 4.61. The van der Waals surface area contributed by atoms with Crippen LogP contribution in [0.3, 0.4) is 0 Å². The van der Waals surface area contributed by atoms with Crippen molar-refractivity contribution < 1.29 is 23.1 Å². The molecule has 2 N–H and O–H groups in total. The standard InChI is InChI=1S/C10H19NO5S/c1-16-8(6-10(12)13)7-11-17(14,15)9-4-2-3-5-9/h8-9,11H,2-7H2,1H3,(H,12,13). The molecule has 1 rings (SSSR count).